The summed E-state index contributed by atoms with van der Waals surface area (Å²) in [6.07, 6.45) is 1.38. The van der Waals surface area contributed by atoms with E-state index in [9.17, 15) is 14.4 Å². The highest BCUT2D eigenvalue weighted by Gasteiger charge is 2.13. The molecule has 0 heterocycles. The van der Waals surface area contributed by atoms with Crippen LogP contribution in [0, 0.1) is 0 Å². The molecule has 2 amide bonds. The lowest BCUT2D eigenvalue weighted by atomic mass is 10.2. The Morgan fingerprint density at radius 1 is 0.882 bits per heavy atom. The predicted molar refractivity (Wildman–Crippen MR) is 129 cm³/mol. The van der Waals surface area contributed by atoms with E-state index >= 15 is 0 Å². The van der Waals surface area contributed by atoms with Crippen molar-refractivity contribution in [2.45, 2.75) is 0 Å². The van der Waals surface area contributed by atoms with E-state index in [-0.39, 0.29) is 12.3 Å². The second kappa shape index (κ2) is 11.8. The number of rotatable bonds is 8. The Bertz CT molecular complexity index is 1210. The third-order valence-electron chi connectivity index (χ3n) is 4.39. The summed E-state index contributed by atoms with van der Waals surface area (Å²) in [5.41, 5.74) is 3.61. The number of amides is 2. The van der Waals surface area contributed by atoms with Crippen LogP contribution in [0.2, 0.25) is 10.0 Å². The van der Waals surface area contributed by atoms with Crippen molar-refractivity contribution in [1.82, 2.24) is 10.7 Å². The summed E-state index contributed by atoms with van der Waals surface area (Å²) in [4.78, 5) is 36.2. The van der Waals surface area contributed by atoms with Crippen molar-refractivity contribution in [3.63, 3.8) is 0 Å². The van der Waals surface area contributed by atoms with Gasteiger partial charge in [-0.2, -0.15) is 5.10 Å². The Kier molecular flexibility index (Phi) is 8.61. The molecule has 3 aromatic rings. The maximum atomic E-state index is 12.3. The maximum absolute atomic E-state index is 12.3. The smallest absolute Gasteiger partial charge is 0.343 e. The normalized spacial score (nSPS) is 10.6. The zero-order chi connectivity index (χ0) is 24.5. The van der Waals surface area contributed by atoms with Crippen LogP contribution < -0.4 is 20.2 Å². The lowest BCUT2D eigenvalue weighted by molar-refractivity contribution is -0.120. The van der Waals surface area contributed by atoms with E-state index < -0.39 is 17.8 Å². The first-order chi connectivity index (χ1) is 16.4. The molecule has 3 rings (SSSR count). The van der Waals surface area contributed by atoms with E-state index in [0.717, 1.165) is 0 Å². The van der Waals surface area contributed by atoms with Gasteiger partial charge in [-0.3, -0.25) is 9.59 Å². The Labute approximate surface area is 205 Å². The van der Waals surface area contributed by atoms with Gasteiger partial charge in [0.15, 0.2) is 11.5 Å². The maximum Gasteiger partial charge on any atom is 0.343 e. The summed E-state index contributed by atoms with van der Waals surface area (Å²) in [7, 11) is 1.43. The molecule has 0 saturated heterocycles. The van der Waals surface area contributed by atoms with Crippen LogP contribution in [-0.4, -0.2) is 37.7 Å². The highest BCUT2D eigenvalue weighted by atomic mass is 35.5. The second-order valence-electron chi connectivity index (χ2n) is 6.79. The number of hydrazone groups is 1. The minimum atomic E-state index is -0.565. The number of benzene rings is 3. The summed E-state index contributed by atoms with van der Waals surface area (Å²) in [5.74, 6) is -0.978. The van der Waals surface area contributed by atoms with Crippen LogP contribution in [-0.2, 0) is 4.79 Å². The molecule has 174 valence electrons. The van der Waals surface area contributed by atoms with Crippen molar-refractivity contribution in [2.24, 2.45) is 5.10 Å². The Morgan fingerprint density at radius 2 is 1.50 bits per heavy atom. The van der Waals surface area contributed by atoms with Crippen LogP contribution in [0.3, 0.4) is 0 Å². The van der Waals surface area contributed by atoms with E-state index in [0.29, 0.717) is 32.5 Å². The van der Waals surface area contributed by atoms with E-state index in [1.165, 1.54) is 13.3 Å². The molecule has 0 aliphatic carbocycles. The minimum absolute atomic E-state index is 0.216. The first kappa shape index (κ1) is 24.8. The highest BCUT2D eigenvalue weighted by molar-refractivity contribution is 6.31. The monoisotopic (exact) mass is 499 g/mol. The van der Waals surface area contributed by atoms with Crippen LogP contribution in [0.5, 0.6) is 11.5 Å². The third-order valence-corrected chi connectivity index (χ3v) is 4.89. The van der Waals surface area contributed by atoms with Crippen LogP contribution >= 0.6 is 23.2 Å². The number of hydrogen-bond donors (Lipinski definition) is 2. The molecule has 0 atom stereocenters. The number of nitrogens with one attached hydrogen (secondary N) is 2. The molecule has 2 N–H and O–H groups in total. The third kappa shape index (κ3) is 7.06. The van der Waals surface area contributed by atoms with Crippen LogP contribution in [0.1, 0.15) is 26.3 Å². The molecule has 0 aliphatic rings. The van der Waals surface area contributed by atoms with Gasteiger partial charge in [0.2, 0.25) is 0 Å². The first-order valence-electron chi connectivity index (χ1n) is 9.87. The van der Waals surface area contributed by atoms with Crippen molar-refractivity contribution in [3.8, 4) is 11.5 Å². The highest BCUT2D eigenvalue weighted by Crippen LogP contribution is 2.28. The van der Waals surface area contributed by atoms with Crippen molar-refractivity contribution in [3.05, 3.63) is 93.5 Å². The van der Waals surface area contributed by atoms with E-state index in [4.69, 9.17) is 32.7 Å². The SMILES string of the molecule is COc1cc(/C=N/NC(=O)CNC(=O)c2ccc(Cl)cc2)ccc1OC(=O)c1ccc(Cl)cc1. The van der Waals surface area contributed by atoms with Crippen LogP contribution in [0.4, 0.5) is 0 Å². The lowest BCUT2D eigenvalue weighted by Crippen LogP contribution is -2.34. The van der Waals surface area contributed by atoms with E-state index in [2.05, 4.69) is 15.8 Å². The molecule has 0 fully saturated rings. The number of halogens is 2. The van der Waals surface area contributed by atoms with Crippen LogP contribution in [0.25, 0.3) is 0 Å². The van der Waals surface area contributed by atoms with Gasteiger partial charge in [-0.1, -0.05) is 23.2 Å². The Hall–Kier alpha value is -3.88. The number of methoxy groups -OCH3 is 1. The average Bonchev–Trinajstić information content (AvgIpc) is 2.84. The molecule has 8 nitrogen and oxygen atoms in total. The number of carbonyl (C=O) groups excluding carboxylic acids is 3. The van der Waals surface area contributed by atoms with Gasteiger partial charge in [0, 0.05) is 15.6 Å². The van der Waals surface area contributed by atoms with Gasteiger partial charge in [-0.25, -0.2) is 10.2 Å². The summed E-state index contributed by atoms with van der Waals surface area (Å²) in [6.45, 7) is -0.262. The fraction of sp³-hybridized carbons (Fsp3) is 0.0833. The van der Waals surface area contributed by atoms with Gasteiger partial charge in [-0.15, -0.1) is 0 Å². The number of carbonyl (C=O) groups is 3. The molecule has 0 saturated carbocycles. The molecule has 0 aliphatic heterocycles. The zero-order valence-electron chi connectivity index (χ0n) is 17.9. The molecular weight excluding hydrogens is 481 g/mol. The number of nitrogens with zero attached hydrogens (tertiary/aromatic N) is 1. The van der Waals surface area contributed by atoms with Crippen LogP contribution in [0.15, 0.2) is 71.8 Å². The summed E-state index contributed by atoms with van der Waals surface area (Å²) < 4.78 is 10.7. The molecule has 0 radical (unpaired) electrons. The quantitative estimate of drug-likeness (QED) is 0.210. The lowest BCUT2D eigenvalue weighted by Gasteiger charge is -2.10. The van der Waals surface area contributed by atoms with Crippen molar-refractivity contribution < 1.29 is 23.9 Å². The average molecular weight is 500 g/mol. The van der Waals surface area contributed by atoms with Gasteiger partial charge in [-0.05, 0) is 72.3 Å². The van der Waals surface area contributed by atoms with E-state index in [1.807, 2.05) is 0 Å². The minimum Gasteiger partial charge on any atom is -0.493 e. The summed E-state index contributed by atoms with van der Waals surface area (Å²) in [5, 5.41) is 7.36. The van der Waals surface area contributed by atoms with Crippen molar-refractivity contribution >= 4 is 47.2 Å². The molecule has 3 aromatic carbocycles. The Balaban J connectivity index is 1.53. The molecule has 0 bridgehead atoms. The molecule has 0 unspecified atom stereocenters. The summed E-state index contributed by atoms with van der Waals surface area (Å²) in [6, 6.07) is 17.3. The van der Waals surface area contributed by atoms with Gasteiger partial charge in [0.1, 0.15) is 0 Å². The second-order valence-corrected chi connectivity index (χ2v) is 7.66. The molecule has 0 aromatic heterocycles. The predicted octanol–water partition coefficient (Wildman–Crippen LogP) is 4.10. The molecule has 10 heteroatoms. The first-order valence-corrected chi connectivity index (χ1v) is 10.6. The van der Waals surface area contributed by atoms with Crippen molar-refractivity contribution in [2.75, 3.05) is 13.7 Å². The molecule has 0 spiro atoms. The fourth-order valence-corrected chi connectivity index (χ4v) is 2.93. The Morgan fingerprint density at radius 3 is 2.12 bits per heavy atom. The number of esters is 1. The van der Waals surface area contributed by atoms with Gasteiger partial charge in [0.05, 0.1) is 25.4 Å². The number of ether oxygens (including phenoxy) is 2. The fourth-order valence-electron chi connectivity index (χ4n) is 2.68. The van der Waals surface area contributed by atoms with Gasteiger partial charge in [0.25, 0.3) is 11.8 Å². The standard InChI is InChI=1S/C24H19Cl2N3O5/c1-33-21-12-15(2-11-20(21)34-24(32)17-5-9-19(26)10-6-17)13-28-29-22(30)14-27-23(31)16-3-7-18(25)8-4-16/h2-13H,14H2,1H3,(H,27,31)(H,29,30)/b28-13+. The van der Waals surface area contributed by atoms with Gasteiger partial charge >= 0.3 is 5.97 Å². The zero-order valence-corrected chi connectivity index (χ0v) is 19.4. The van der Waals surface area contributed by atoms with Crippen molar-refractivity contribution in [1.29, 1.82) is 0 Å². The molecular formula is C24H19Cl2N3O5. The number of hydrogen-bond acceptors (Lipinski definition) is 6. The molecule has 34 heavy (non-hydrogen) atoms. The largest absolute Gasteiger partial charge is 0.493 e. The summed E-state index contributed by atoms with van der Waals surface area (Å²) >= 11 is 11.6. The van der Waals surface area contributed by atoms with E-state index in [1.54, 1.807) is 66.7 Å². The topological polar surface area (TPSA) is 106 Å². The van der Waals surface area contributed by atoms with Gasteiger partial charge < -0.3 is 14.8 Å².